The molecule has 0 saturated carbocycles. The van der Waals surface area contributed by atoms with E-state index in [1.54, 1.807) is 36.4 Å². The molecule has 5 heteroatoms. The van der Waals surface area contributed by atoms with Gasteiger partial charge in [0.15, 0.2) is 0 Å². The molecule has 19 heavy (non-hydrogen) atoms. The molecule has 0 aliphatic heterocycles. The summed E-state index contributed by atoms with van der Waals surface area (Å²) in [6, 6.07) is 13.0. The molecule has 0 heterocycles. The molecule has 0 spiro atoms. The summed E-state index contributed by atoms with van der Waals surface area (Å²) in [5, 5.41) is 14.7. The highest BCUT2D eigenvalue weighted by atomic mass is 16.3. The lowest BCUT2D eigenvalue weighted by Gasteiger charge is -2.08. The van der Waals surface area contributed by atoms with Gasteiger partial charge in [-0.25, -0.2) is 0 Å². The van der Waals surface area contributed by atoms with Crippen molar-refractivity contribution in [3.8, 4) is 5.75 Å². The minimum absolute atomic E-state index is 0.0813. The van der Waals surface area contributed by atoms with Crippen LogP contribution in [0, 0.1) is 0 Å². The van der Waals surface area contributed by atoms with Gasteiger partial charge < -0.3 is 15.7 Å². The first-order valence-corrected chi connectivity index (χ1v) is 5.60. The fraction of sp³-hybridized carbons (Fsp3) is 0. The van der Waals surface area contributed by atoms with E-state index in [0.717, 1.165) is 0 Å². The number of para-hydroxylation sites is 1. The van der Waals surface area contributed by atoms with Gasteiger partial charge in [0.25, 0.3) is 5.91 Å². The average Bonchev–Trinajstić information content (AvgIpc) is 2.40. The summed E-state index contributed by atoms with van der Waals surface area (Å²) >= 11 is 0. The first kappa shape index (κ1) is 12.6. The first-order valence-electron chi connectivity index (χ1n) is 5.60. The van der Waals surface area contributed by atoms with E-state index in [1.807, 2.05) is 0 Å². The van der Waals surface area contributed by atoms with Gasteiger partial charge in [-0.3, -0.25) is 9.59 Å². The molecule has 0 fully saturated rings. The maximum Gasteiger partial charge on any atom is 0.259 e. The van der Waals surface area contributed by atoms with Crippen molar-refractivity contribution in [3.63, 3.8) is 0 Å². The fourth-order valence-corrected chi connectivity index (χ4v) is 1.62. The molecular formula is C14H12N2O3. The normalized spacial score (nSPS) is 9.68. The van der Waals surface area contributed by atoms with Crippen LogP contribution < -0.4 is 10.6 Å². The number of phenols is 1. The van der Waals surface area contributed by atoms with E-state index in [2.05, 4.69) is 10.6 Å². The van der Waals surface area contributed by atoms with Crippen LogP contribution in [-0.4, -0.2) is 17.4 Å². The summed E-state index contributed by atoms with van der Waals surface area (Å²) in [5.74, 6) is -0.497. The molecule has 2 aromatic rings. The van der Waals surface area contributed by atoms with E-state index in [0.29, 0.717) is 17.8 Å². The SMILES string of the molecule is O=CNc1cccc(NC(=O)c2ccccc2O)c1. The van der Waals surface area contributed by atoms with E-state index < -0.39 is 5.91 Å². The van der Waals surface area contributed by atoms with Crippen LogP contribution in [-0.2, 0) is 4.79 Å². The lowest BCUT2D eigenvalue weighted by atomic mass is 10.2. The van der Waals surface area contributed by atoms with Gasteiger partial charge in [0.05, 0.1) is 5.56 Å². The summed E-state index contributed by atoms with van der Waals surface area (Å²) in [4.78, 5) is 22.3. The van der Waals surface area contributed by atoms with Gasteiger partial charge in [-0.2, -0.15) is 0 Å². The molecule has 2 rings (SSSR count). The lowest BCUT2D eigenvalue weighted by molar-refractivity contribution is -0.105. The Labute approximate surface area is 109 Å². The maximum absolute atomic E-state index is 11.9. The molecule has 2 amide bonds. The minimum atomic E-state index is -0.415. The Morgan fingerprint density at radius 3 is 2.53 bits per heavy atom. The molecule has 5 nitrogen and oxygen atoms in total. The fourth-order valence-electron chi connectivity index (χ4n) is 1.62. The predicted octanol–water partition coefficient (Wildman–Crippen LogP) is 2.21. The lowest BCUT2D eigenvalue weighted by Crippen LogP contribution is -2.12. The third-order valence-corrected chi connectivity index (χ3v) is 2.49. The van der Waals surface area contributed by atoms with E-state index in [9.17, 15) is 14.7 Å². The quantitative estimate of drug-likeness (QED) is 0.734. The zero-order valence-corrected chi connectivity index (χ0v) is 9.96. The molecule has 0 radical (unpaired) electrons. The number of hydrogen-bond acceptors (Lipinski definition) is 3. The monoisotopic (exact) mass is 256 g/mol. The summed E-state index contributed by atoms with van der Waals surface area (Å²) in [7, 11) is 0. The summed E-state index contributed by atoms with van der Waals surface area (Å²) in [5.41, 5.74) is 1.29. The Kier molecular flexibility index (Phi) is 3.78. The second-order valence-corrected chi connectivity index (χ2v) is 3.81. The molecule has 0 aliphatic rings. The van der Waals surface area contributed by atoms with Gasteiger partial charge in [-0.05, 0) is 30.3 Å². The highest BCUT2D eigenvalue weighted by Crippen LogP contribution is 2.19. The molecule has 0 bridgehead atoms. The van der Waals surface area contributed by atoms with Crippen LogP contribution in [0.2, 0.25) is 0 Å². The largest absolute Gasteiger partial charge is 0.507 e. The molecular weight excluding hydrogens is 244 g/mol. The Bertz CT molecular complexity index is 611. The summed E-state index contributed by atoms with van der Waals surface area (Å²) < 4.78 is 0. The molecule has 0 unspecified atom stereocenters. The highest BCUT2D eigenvalue weighted by molar-refractivity contribution is 6.06. The summed E-state index contributed by atoms with van der Waals surface area (Å²) in [6.45, 7) is 0. The number of hydrogen-bond donors (Lipinski definition) is 3. The van der Waals surface area contributed by atoms with Gasteiger partial charge in [-0.15, -0.1) is 0 Å². The van der Waals surface area contributed by atoms with Crippen LogP contribution in [0.15, 0.2) is 48.5 Å². The molecule has 96 valence electrons. The molecule has 2 aromatic carbocycles. The maximum atomic E-state index is 11.9. The van der Waals surface area contributed by atoms with Crippen molar-refractivity contribution in [3.05, 3.63) is 54.1 Å². The zero-order chi connectivity index (χ0) is 13.7. The van der Waals surface area contributed by atoms with Crippen molar-refractivity contribution in [2.24, 2.45) is 0 Å². The van der Waals surface area contributed by atoms with Crippen molar-refractivity contribution in [1.82, 2.24) is 0 Å². The van der Waals surface area contributed by atoms with Gasteiger partial charge in [0.2, 0.25) is 6.41 Å². The van der Waals surface area contributed by atoms with Gasteiger partial charge in [0.1, 0.15) is 5.75 Å². The molecule has 0 atom stereocenters. The van der Waals surface area contributed by atoms with Gasteiger partial charge >= 0.3 is 0 Å². The number of rotatable bonds is 4. The second kappa shape index (κ2) is 5.68. The third kappa shape index (κ3) is 3.10. The van der Waals surface area contributed by atoms with E-state index in [4.69, 9.17) is 0 Å². The second-order valence-electron chi connectivity index (χ2n) is 3.81. The summed E-state index contributed by atoms with van der Waals surface area (Å²) in [6.07, 6.45) is 0.559. The number of carbonyl (C=O) groups excluding carboxylic acids is 2. The van der Waals surface area contributed by atoms with E-state index in [1.165, 1.54) is 12.1 Å². The molecule has 3 N–H and O–H groups in total. The van der Waals surface area contributed by atoms with Crippen LogP contribution >= 0.6 is 0 Å². The van der Waals surface area contributed by atoms with Gasteiger partial charge in [-0.1, -0.05) is 18.2 Å². The van der Waals surface area contributed by atoms with Crippen molar-refractivity contribution < 1.29 is 14.7 Å². The number of phenolic OH excluding ortho intramolecular Hbond substituents is 1. The predicted molar refractivity (Wildman–Crippen MR) is 72.2 cm³/mol. The number of anilines is 2. The molecule has 0 aliphatic carbocycles. The van der Waals surface area contributed by atoms with Crippen molar-refractivity contribution in [1.29, 1.82) is 0 Å². The highest BCUT2D eigenvalue weighted by Gasteiger charge is 2.10. The van der Waals surface area contributed by atoms with Crippen LogP contribution in [0.25, 0.3) is 0 Å². The number of carbonyl (C=O) groups is 2. The Morgan fingerprint density at radius 2 is 1.79 bits per heavy atom. The van der Waals surface area contributed by atoms with Crippen LogP contribution in [0.5, 0.6) is 5.75 Å². The van der Waals surface area contributed by atoms with Crippen molar-refractivity contribution in [2.75, 3.05) is 10.6 Å². The van der Waals surface area contributed by atoms with E-state index >= 15 is 0 Å². The number of benzene rings is 2. The van der Waals surface area contributed by atoms with Crippen LogP contribution in [0.1, 0.15) is 10.4 Å². The standard InChI is InChI=1S/C14H12N2O3/c17-9-15-10-4-3-5-11(8-10)16-14(19)12-6-1-2-7-13(12)18/h1-9,18H,(H,15,17)(H,16,19). The molecule has 0 saturated heterocycles. The Morgan fingerprint density at radius 1 is 1.05 bits per heavy atom. The van der Waals surface area contributed by atoms with Crippen LogP contribution in [0.3, 0.4) is 0 Å². The van der Waals surface area contributed by atoms with Crippen molar-refractivity contribution >= 4 is 23.7 Å². The Hall–Kier alpha value is -2.82. The third-order valence-electron chi connectivity index (χ3n) is 2.49. The molecule has 0 aromatic heterocycles. The van der Waals surface area contributed by atoms with Crippen LogP contribution in [0.4, 0.5) is 11.4 Å². The number of nitrogens with one attached hydrogen (secondary N) is 2. The number of aromatic hydroxyl groups is 1. The first-order chi connectivity index (χ1) is 9.20. The van der Waals surface area contributed by atoms with Gasteiger partial charge in [0, 0.05) is 11.4 Å². The Balaban J connectivity index is 2.17. The van der Waals surface area contributed by atoms with Crippen molar-refractivity contribution in [2.45, 2.75) is 0 Å². The minimum Gasteiger partial charge on any atom is -0.507 e. The van der Waals surface area contributed by atoms with E-state index in [-0.39, 0.29) is 11.3 Å². The smallest absolute Gasteiger partial charge is 0.259 e. The zero-order valence-electron chi connectivity index (χ0n) is 9.96. The number of amides is 2. The topological polar surface area (TPSA) is 78.4 Å². The average molecular weight is 256 g/mol.